The zero-order valence-electron chi connectivity index (χ0n) is 16.1. The molecule has 3 N–H and O–H groups in total. The normalized spacial score (nSPS) is 13.0. The number of nitrogens with one attached hydrogen (secondary N) is 1. The summed E-state index contributed by atoms with van der Waals surface area (Å²) in [5.74, 6) is -0.0830. The molecule has 4 heteroatoms. The average Bonchev–Trinajstić information content (AvgIpc) is 3.26. The quantitative estimate of drug-likeness (QED) is 0.631. The van der Waals surface area contributed by atoms with Crippen LogP contribution in [0, 0.1) is 0 Å². The third kappa shape index (κ3) is 4.43. The number of nitrogen functional groups attached to an aromatic ring is 1. The highest BCUT2D eigenvalue weighted by molar-refractivity contribution is 6.19. The maximum Gasteiger partial charge on any atom is 0.251 e. The van der Waals surface area contributed by atoms with E-state index in [1.54, 1.807) is 0 Å². The Morgan fingerprint density at radius 2 is 1.66 bits per heavy atom. The van der Waals surface area contributed by atoms with Gasteiger partial charge in [0, 0.05) is 23.4 Å². The largest absolute Gasteiger partial charge is 0.399 e. The van der Waals surface area contributed by atoms with Crippen molar-refractivity contribution in [3.05, 3.63) is 107 Å². The van der Waals surface area contributed by atoms with E-state index in [4.69, 9.17) is 5.73 Å². The maximum atomic E-state index is 12.8. The average molecular weight is 381 g/mol. The number of rotatable bonds is 6. The second kappa shape index (κ2) is 8.57. The molecule has 0 atom stereocenters. The fourth-order valence-corrected chi connectivity index (χ4v) is 3.42. The number of anilines is 1. The first-order valence-corrected chi connectivity index (χ1v) is 9.73. The molecule has 1 amide bonds. The topological polar surface area (TPSA) is 67.5 Å². The summed E-state index contributed by atoms with van der Waals surface area (Å²) < 4.78 is 0. The Bertz CT molecular complexity index is 1070. The molecular weight excluding hydrogens is 358 g/mol. The van der Waals surface area contributed by atoms with Crippen LogP contribution in [0.15, 0.2) is 89.9 Å². The number of allylic oxidation sites excluding steroid dienone is 1. The van der Waals surface area contributed by atoms with E-state index in [0.717, 1.165) is 34.5 Å². The molecule has 3 aromatic rings. The summed E-state index contributed by atoms with van der Waals surface area (Å²) in [6, 6.07) is 25.6. The minimum absolute atomic E-state index is 0.0830. The molecule has 0 bridgehead atoms. The van der Waals surface area contributed by atoms with Gasteiger partial charge in [-0.1, -0.05) is 60.7 Å². The van der Waals surface area contributed by atoms with Crippen LogP contribution in [0.5, 0.6) is 0 Å². The molecule has 3 aromatic carbocycles. The van der Waals surface area contributed by atoms with Crippen molar-refractivity contribution in [2.75, 3.05) is 18.8 Å². The van der Waals surface area contributed by atoms with E-state index in [1.807, 2.05) is 66.7 Å². The van der Waals surface area contributed by atoms with Crippen LogP contribution in [0.4, 0.5) is 5.69 Å². The molecule has 0 aromatic heterocycles. The van der Waals surface area contributed by atoms with Crippen molar-refractivity contribution in [1.82, 2.24) is 5.32 Å². The third-order valence-electron chi connectivity index (χ3n) is 5.00. The second-order valence-corrected chi connectivity index (χ2v) is 7.03. The molecule has 144 valence electrons. The fourth-order valence-electron chi connectivity index (χ4n) is 3.42. The molecular formula is C25H23N3O. The van der Waals surface area contributed by atoms with Gasteiger partial charge < -0.3 is 11.1 Å². The fraction of sp³-hybridized carbons (Fsp3) is 0.120. The molecule has 0 spiro atoms. The lowest BCUT2D eigenvalue weighted by Crippen LogP contribution is -2.27. The number of nitrogens with two attached hydrogens (primary N) is 1. The van der Waals surface area contributed by atoms with Gasteiger partial charge in [-0.2, -0.15) is 0 Å². The Balaban J connectivity index is 1.46. The Morgan fingerprint density at radius 3 is 2.45 bits per heavy atom. The highest BCUT2D eigenvalue weighted by Crippen LogP contribution is 2.23. The van der Waals surface area contributed by atoms with E-state index >= 15 is 0 Å². The predicted octanol–water partition coefficient (Wildman–Crippen LogP) is 4.13. The molecule has 0 unspecified atom stereocenters. The van der Waals surface area contributed by atoms with E-state index in [-0.39, 0.29) is 5.91 Å². The Hall–Kier alpha value is -3.66. The van der Waals surface area contributed by atoms with Gasteiger partial charge in [-0.05, 0) is 47.4 Å². The van der Waals surface area contributed by atoms with Gasteiger partial charge in [0.05, 0.1) is 12.3 Å². The van der Waals surface area contributed by atoms with Gasteiger partial charge in [0.2, 0.25) is 0 Å². The highest BCUT2D eigenvalue weighted by atomic mass is 16.1. The summed E-state index contributed by atoms with van der Waals surface area (Å²) in [4.78, 5) is 17.5. The van der Waals surface area contributed by atoms with Crippen molar-refractivity contribution in [2.24, 2.45) is 4.99 Å². The summed E-state index contributed by atoms with van der Waals surface area (Å²) in [7, 11) is 0. The molecule has 4 rings (SSSR count). The Kier molecular flexibility index (Phi) is 5.52. The molecule has 1 heterocycles. The number of aliphatic imine (C=N–C) groups is 1. The lowest BCUT2D eigenvalue weighted by atomic mass is 10.00. The van der Waals surface area contributed by atoms with Gasteiger partial charge >= 0.3 is 0 Å². The first-order valence-electron chi connectivity index (χ1n) is 9.73. The second-order valence-electron chi connectivity index (χ2n) is 7.03. The zero-order chi connectivity index (χ0) is 20.1. The van der Waals surface area contributed by atoms with Crippen LogP contribution in [-0.2, 0) is 6.42 Å². The minimum Gasteiger partial charge on any atom is -0.399 e. The van der Waals surface area contributed by atoms with Gasteiger partial charge in [0.1, 0.15) is 0 Å². The molecule has 0 saturated carbocycles. The summed E-state index contributed by atoms with van der Waals surface area (Å²) in [6.07, 6.45) is 2.84. The summed E-state index contributed by atoms with van der Waals surface area (Å²) in [5.41, 5.74) is 12.3. The monoisotopic (exact) mass is 381 g/mol. The number of amides is 1. The van der Waals surface area contributed by atoms with Crippen molar-refractivity contribution >= 4 is 22.9 Å². The highest BCUT2D eigenvalue weighted by Gasteiger charge is 2.17. The summed E-state index contributed by atoms with van der Waals surface area (Å²) >= 11 is 0. The van der Waals surface area contributed by atoms with Gasteiger partial charge in [0.25, 0.3) is 5.91 Å². The number of hydrogen-bond donors (Lipinski definition) is 2. The molecule has 1 aliphatic heterocycles. The number of benzene rings is 3. The van der Waals surface area contributed by atoms with E-state index in [9.17, 15) is 4.79 Å². The van der Waals surface area contributed by atoms with Crippen molar-refractivity contribution in [2.45, 2.75) is 6.42 Å². The molecule has 0 aliphatic carbocycles. The molecule has 1 aliphatic rings. The summed E-state index contributed by atoms with van der Waals surface area (Å²) in [6.45, 7) is 1.20. The van der Waals surface area contributed by atoms with Crippen LogP contribution in [0.25, 0.3) is 5.57 Å². The van der Waals surface area contributed by atoms with Crippen LogP contribution in [-0.4, -0.2) is 24.7 Å². The number of carbonyl (C=O) groups excluding carboxylic acids is 1. The van der Waals surface area contributed by atoms with Gasteiger partial charge in [-0.25, -0.2) is 0 Å². The molecule has 0 saturated heterocycles. The third-order valence-corrected chi connectivity index (χ3v) is 5.00. The van der Waals surface area contributed by atoms with Crippen LogP contribution in [0.3, 0.4) is 0 Å². The van der Waals surface area contributed by atoms with Gasteiger partial charge in [-0.3, -0.25) is 9.79 Å². The number of nitrogens with zero attached hydrogens (tertiary/aromatic N) is 1. The van der Waals surface area contributed by atoms with Crippen LogP contribution < -0.4 is 11.1 Å². The van der Waals surface area contributed by atoms with Crippen molar-refractivity contribution < 1.29 is 4.79 Å². The summed E-state index contributed by atoms with van der Waals surface area (Å²) in [5, 5.41) is 3.02. The van der Waals surface area contributed by atoms with Crippen molar-refractivity contribution in [1.29, 1.82) is 0 Å². The number of hydrogen-bond acceptors (Lipinski definition) is 3. The van der Waals surface area contributed by atoms with Crippen LogP contribution >= 0.6 is 0 Å². The van der Waals surface area contributed by atoms with Gasteiger partial charge in [0.15, 0.2) is 0 Å². The standard InChI is InChI=1S/C25H23N3O/c26-21-12-10-18(11-13-21)14-15-27-25(29)23-9-5-4-8-22(23)24-16-20(17-28-24)19-6-2-1-3-7-19/h1-13,16H,14-15,17,26H2,(H,27,29). The molecule has 0 radical (unpaired) electrons. The zero-order valence-corrected chi connectivity index (χ0v) is 16.1. The maximum absolute atomic E-state index is 12.8. The van der Waals surface area contributed by atoms with E-state index in [0.29, 0.717) is 18.7 Å². The Morgan fingerprint density at radius 1 is 0.931 bits per heavy atom. The lowest BCUT2D eigenvalue weighted by Gasteiger charge is -2.10. The Labute approximate surface area is 170 Å². The van der Waals surface area contributed by atoms with Crippen molar-refractivity contribution in [3.63, 3.8) is 0 Å². The molecule has 0 fully saturated rings. The lowest BCUT2D eigenvalue weighted by molar-refractivity contribution is 0.0954. The minimum atomic E-state index is -0.0830. The van der Waals surface area contributed by atoms with E-state index < -0.39 is 0 Å². The van der Waals surface area contributed by atoms with E-state index in [1.165, 1.54) is 5.57 Å². The van der Waals surface area contributed by atoms with Crippen LogP contribution in [0.2, 0.25) is 0 Å². The molecule has 4 nitrogen and oxygen atoms in total. The van der Waals surface area contributed by atoms with Gasteiger partial charge in [-0.15, -0.1) is 0 Å². The first-order chi connectivity index (χ1) is 14.2. The smallest absolute Gasteiger partial charge is 0.251 e. The van der Waals surface area contributed by atoms with E-state index in [2.05, 4.69) is 28.5 Å². The molecule has 29 heavy (non-hydrogen) atoms. The van der Waals surface area contributed by atoms with Crippen LogP contribution in [0.1, 0.15) is 27.0 Å². The number of carbonyl (C=O) groups is 1. The SMILES string of the molecule is Nc1ccc(CCNC(=O)c2ccccc2C2=NCC(c3ccccc3)=C2)cc1. The first kappa shape index (κ1) is 18.7. The predicted molar refractivity (Wildman–Crippen MR) is 119 cm³/mol. The van der Waals surface area contributed by atoms with Crippen molar-refractivity contribution in [3.8, 4) is 0 Å².